The summed E-state index contributed by atoms with van der Waals surface area (Å²) in [4.78, 5) is 12.7. The second-order valence-electron chi connectivity index (χ2n) is 7.16. The average Bonchev–Trinajstić information content (AvgIpc) is 3.18. The van der Waals surface area contributed by atoms with E-state index in [2.05, 4.69) is 15.1 Å². The SMILES string of the molecule is Cc1ccccc1CCC(=O)NC(CNS(=O)(=O)c1cnn(C)c1)c1ccccc1. The second-order valence-corrected chi connectivity index (χ2v) is 8.93. The molecule has 30 heavy (non-hydrogen) atoms. The minimum absolute atomic E-state index is 0.0390. The number of benzene rings is 2. The zero-order chi connectivity index (χ0) is 21.6. The lowest BCUT2D eigenvalue weighted by atomic mass is 10.0. The minimum atomic E-state index is -3.72. The molecule has 0 bridgehead atoms. The fourth-order valence-electron chi connectivity index (χ4n) is 3.16. The molecule has 0 aliphatic carbocycles. The van der Waals surface area contributed by atoms with Crippen molar-refractivity contribution in [1.29, 1.82) is 0 Å². The predicted octanol–water partition coefficient (Wildman–Crippen LogP) is 2.50. The van der Waals surface area contributed by atoms with Crippen LogP contribution in [0.2, 0.25) is 0 Å². The summed E-state index contributed by atoms with van der Waals surface area (Å²) in [6.07, 6.45) is 3.67. The van der Waals surface area contributed by atoms with Gasteiger partial charge in [0.05, 0.1) is 12.2 Å². The Morgan fingerprint density at radius 3 is 2.47 bits per heavy atom. The first-order valence-corrected chi connectivity index (χ1v) is 11.2. The van der Waals surface area contributed by atoms with Crippen molar-refractivity contribution in [3.8, 4) is 0 Å². The number of nitrogens with one attached hydrogen (secondary N) is 2. The van der Waals surface area contributed by atoms with Crippen LogP contribution in [0.25, 0.3) is 0 Å². The van der Waals surface area contributed by atoms with Crippen LogP contribution in [0.3, 0.4) is 0 Å². The maximum atomic E-state index is 12.6. The molecule has 0 fully saturated rings. The summed E-state index contributed by atoms with van der Waals surface area (Å²) >= 11 is 0. The number of hydrogen-bond acceptors (Lipinski definition) is 4. The average molecular weight is 427 g/mol. The van der Waals surface area contributed by atoms with Crippen LogP contribution >= 0.6 is 0 Å². The van der Waals surface area contributed by atoms with E-state index in [1.165, 1.54) is 17.1 Å². The molecular weight excluding hydrogens is 400 g/mol. The van der Waals surface area contributed by atoms with Crippen molar-refractivity contribution in [2.75, 3.05) is 6.54 Å². The monoisotopic (exact) mass is 426 g/mol. The molecular formula is C22H26N4O3S. The Morgan fingerprint density at radius 1 is 1.10 bits per heavy atom. The Bertz CT molecular complexity index is 1090. The summed E-state index contributed by atoms with van der Waals surface area (Å²) in [6.45, 7) is 2.06. The first kappa shape index (κ1) is 21.7. The van der Waals surface area contributed by atoms with Crippen molar-refractivity contribution in [1.82, 2.24) is 19.8 Å². The number of carbonyl (C=O) groups is 1. The summed E-state index contributed by atoms with van der Waals surface area (Å²) in [6, 6.07) is 16.8. The molecule has 3 rings (SSSR count). The zero-order valence-corrected chi connectivity index (χ0v) is 17.9. The van der Waals surface area contributed by atoms with E-state index in [1.54, 1.807) is 7.05 Å². The van der Waals surface area contributed by atoms with Crippen LogP contribution < -0.4 is 10.0 Å². The van der Waals surface area contributed by atoms with Gasteiger partial charge in [-0.1, -0.05) is 54.6 Å². The van der Waals surface area contributed by atoms with Crippen molar-refractivity contribution in [3.05, 3.63) is 83.7 Å². The van der Waals surface area contributed by atoms with E-state index in [1.807, 2.05) is 61.5 Å². The van der Waals surface area contributed by atoms with Gasteiger partial charge in [-0.2, -0.15) is 5.10 Å². The topological polar surface area (TPSA) is 93.1 Å². The Labute approximate surface area is 177 Å². The van der Waals surface area contributed by atoms with Crippen LogP contribution in [0.4, 0.5) is 0 Å². The summed E-state index contributed by atoms with van der Waals surface area (Å²) < 4.78 is 29.1. The lowest BCUT2D eigenvalue weighted by Crippen LogP contribution is -2.38. The summed E-state index contributed by atoms with van der Waals surface area (Å²) in [5, 5.41) is 6.87. The molecule has 158 valence electrons. The molecule has 0 saturated carbocycles. The van der Waals surface area contributed by atoms with Gasteiger partial charge < -0.3 is 5.32 Å². The van der Waals surface area contributed by atoms with Gasteiger partial charge >= 0.3 is 0 Å². The molecule has 1 aromatic heterocycles. The first-order chi connectivity index (χ1) is 14.3. The van der Waals surface area contributed by atoms with Crippen molar-refractivity contribution >= 4 is 15.9 Å². The van der Waals surface area contributed by atoms with E-state index in [0.717, 1.165) is 16.7 Å². The number of aryl methyl sites for hydroxylation is 3. The summed E-state index contributed by atoms with van der Waals surface area (Å²) in [7, 11) is -2.07. The molecule has 0 aliphatic rings. The number of hydrogen-bond donors (Lipinski definition) is 2. The van der Waals surface area contributed by atoms with Crippen LogP contribution in [-0.4, -0.2) is 30.7 Å². The van der Waals surface area contributed by atoms with E-state index >= 15 is 0 Å². The number of amides is 1. The van der Waals surface area contributed by atoms with E-state index < -0.39 is 16.1 Å². The van der Waals surface area contributed by atoms with Crippen LogP contribution in [0.5, 0.6) is 0 Å². The van der Waals surface area contributed by atoms with Gasteiger partial charge in [0.1, 0.15) is 4.90 Å². The lowest BCUT2D eigenvalue weighted by molar-refractivity contribution is -0.121. The highest BCUT2D eigenvalue weighted by atomic mass is 32.2. The fraction of sp³-hybridized carbons (Fsp3) is 0.273. The molecule has 1 unspecified atom stereocenters. The van der Waals surface area contributed by atoms with Gasteiger partial charge in [-0.15, -0.1) is 0 Å². The summed E-state index contributed by atoms with van der Waals surface area (Å²) in [5.41, 5.74) is 3.10. The van der Waals surface area contributed by atoms with Gasteiger partial charge in [-0.3, -0.25) is 9.48 Å². The number of nitrogens with zero attached hydrogens (tertiary/aromatic N) is 2. The molecule has 2 aromatic carbocycles. The zero-order valence-electron chi connectivity index (χ0n) is 17.1. The maximum absolute atomic E-state index is 12.6. The molecule has 0 radical (unpaired) electrons. The highest BCUT2D eigenvalue weighted by molar-refractivity contribution is 7.89. The molecule has 1 amide bonds. The van der Waals surface area contributed by atoms with Gasteiger partial charge in [0.15, 0.2) is 0 Å². The Morgan fingerprint density at radius 2 is 1.80 bits per heavy atom. The molecule has 7 nitrogen and oxygen atoms in total. The van der Waals surface area contributed by atoms with Crippen molar-refractivity contribution in [2.45, 2.75) is 30.7 Å². The Balaban J connectivity index is 1.67. The van der Waals surface area contributed by atoms with Crippen molar-refractivity contribution < 1.29 is 13.2 Å². The smallest absolute Gasteiger partial charge is 0.243 e. The van der Waals surface area contributed by atoms with Gasteiger partial charge in [-0.05, 0) is 30.0 Å². The highest BCUT2D eigenvalue weighted by Gasteiger charge is 2.21. The van der Waals surface area contributed by atoms with E-state index in [-0.39, 0.29) is 17.3 Å². The van der Waals surface area contributed by atoms with Crippen LogP contribution in [0.1, 0.15) is 29.2 Å². The first-order valence-electron chi connectivity index (χ1n) is 9.72. The third-order valence-electron chi connectivity index (χ3n) is 4.89. The molecule has 8 heteroatoms. The van der Waals surface area contributed by atoms with Crippen LogP contribution in [0, 0.1) is 6.92 Å². The number of carbonyl (C=O) groups excluding carboxylic acids is 1. The Hall–Kier alpha value is -2.97. The number of sulfonamides is 1. The van der Waals surface area contributed by atoms with Gasteiger partial charge in [-0.25, -0.2) is 13.1 Å². The van der Waals surface area contributed by atoms with E-state index in [9.17, 15) is 13.2 Å². The molecule has 0 spiro atoms. The van der Waals surface area contributed by atoms with Gasteiger partial charge in [0, 0.05) is 26.2 Å². The van der Waals surface area contributed by atoms with Gasteiger partial charge in [0.2, 0.25) is 15.9 Å². The molecule has 0 aliphatic heterocycles. The largest absolute Gasteiger partial charge is 0.348 e. The molecule has 3 aromatic rings. The van der Waals surface area contributed by atoms with Gasteiger partial charge in [0.25, 0.3) is 0 Å². The predicted molar refractivity (Wildman–Crippen MR) is 115 cm³/mol. The number of aromatic nitrogens is 2. The lowest BCUT2D eigenvalue weighted by Gasteiger charge is -2.20. The third-order valence-corrected chi connectivity index (χ3v) is 6.27. The minimum Gasteiger partial charge on any atom is -0.348 e. The molecule has 1 atom stereocenters. The third kappa shape index (κ3) is 5.77. The maximum Gasteiger partial charge on any atom is 0.243 e. The molecule has 0 saturated heterocycles. The molecule has 2 N–H and O–H groups in total. The van der Waals surface area contributed by atoms with Crippen LogP contribution in [-0.2, 0) is 28.3 Å². The number of rotatable bonds is 9. The normalized spacial score (nSPS) is 12.5. The van der Waals surface area contributed by atoms with Crippen molar-refractivity contribution in [3.63, 3.8) is 0 Å². The Kier molecular flexibility index (Phi) is 7.02. The summed E-state index contributed by atoms with van der Waals surface area (Å²) in [5.74, 6) is -0.132. The molecule has 1 heterocycles. The van der Waals surface area contributed by atoms with Crippen LogP contribution in [0.15, 0.2) is 71.9 Å². The quantitative estimate of drug-likeness (QED) is 0.550. The highest BCUT2D eigenvalue weighted by Crippen LogP contribution is 2.15. The van der Waals surface area contributed by atoms with E-state index in [0.29, 0.717) is 12.8 Å². The second kappa shape index (κ2) is 9.69. The van der Waals surface area contributed by atoms with E-state index in [4.69, 9.17) is 0 Å². The fourth-order valence-corrected chi connectivity index (χ4v) is 4.19. The standard InChI is InChI=1S/C22H26N4O3S/c1-17-8-6-7-9-18(17)12-13-22(27)25-21(19-10-4-3-5-11-19)15-24-30(28,29)20-14-23-26(2)16-20/h3-11,14,16,21,24H,12-13,15H2,1-2H3,(H,25,27). The van der Waals surface area contributed by atoms with Crippen molar-refractivity contribution in [2.24, 2.45) is 7.05 Å².